The Labute approximate surface area is 186 Å². The molecule has 4 rings (SSSR count). The second-order valence-electron chi connectivity index (χ2n) is 8.54. The SMILES string of the molecule is CN(C)C(=O)C1(Cc2cc(-c3ccccc3)no2)CCCN(C(=O)c2cccc(F)c2)C1. The Hall–Kier alpha value is -3.48. The molecular weight excluding hydrogens is 409 g/mol. The second-order valence-corrected chi connectivity index (χ2v) is 8.54. The molecule has 2 aromatic carbocycles. The van der Waals surface area contributed by atoms with Crippen LogP contribution in [0.5, 0.6) is 0 Å². The number of likely N-dealkylation sites (tertiary alicyclic amines) is 1. The van der Waals surface area contributed by atoms with Gasteiger partial charge in [-0.2, -0.15) is 0 Å². The van der Waals surface area contributed by atoms with Gasteiger partial charge in [0.25, 0.3) is 5.91 Å². The molecule has 166 valence electrons. The van der Waals surface area contributed by atoms with Gasteiger partial charge in [-0.15, -0.1) is 0 Å². The average molecular weight is 435 g/mol. The lowest BCUT2D eigenvalue weighted by atomic mass is 9.75. The predicted molar refractivity (Wildman–Crippen MR) is 118 cm³/mol. The smallest absolute Gasteiger partial charge is 0.253 e. The molecule has 0 bridgehead atoms. The van der Waals surface area contributed by atoms with E-state index in [1.165, 1.54) is 18.2 Å². The van der Waals surface area contributed by atoms with Crippen molar-refractivity contribution in [3.63, 3.8) is 0 Å². The summed E-state index contributed by atoms with van der Waals surface area (Å²) in [5.41, 5.74) is 1.08. The Bertz CT molecular complexity index is 1110. The van der Waals surface area contributed by atoms with Crippen molar-refractivity contribution in [1.29, 1.82) is 0 Å². The van der Waals surface area contributed by atoms with E-state index in [1.807, 2.05) is 36.4 Å². The fourth-order valence-corrected chi connectivity index (χ4v) is 4.45. The van der Waals surface area contributed by atoms with Gasteiger partial charge in [0.2, 0.25) is 5.91 Å². The van der Waals surface area contributed by atoms with Crippen LogP contribution in [0.25, 0.3) is 11.3 Å². The normalized spacial score (nSPS) is 18.4. The first-order chi connectivity index (χ1) is 15.4. The Balaban J connectivity index is 1.61. The van der Waals surface area contributed by atoms with Gasteiger partial charge in [0, 0.05) is 50.8 Å². The van der Waals surface area contributed by atoms with Crippen LogP contribution in [0.1, 0.15) is 29.0 Å². The lowest BCUT2D eigenvalue weighted by Crippen LogP contribution is -2.54. The Morgan fingerprint density at radius 3 is 2.62 bits per heavy atom. The minimum Gasteiger partial charge on any atom is -0.361 e. The van der Waals surface area contributed by atoms with Gasteiger partial charge >= 0.3 is 0 Å². The molecule has 2 amide bonds. The van der Waals surface area contributed by atoms with Crippen molar-refractivity contribution in [2.75, 3.05) is 27.2 Å². The van der Waals surface area contributed by atoms with E-state index in [4.69, 9.17) is 4.52 Å². The maximum absolute atomic E-state index is 13.7. The number of hydrogen-bond donors (Lipinski definition) is 0. The summed E-state index contributed by atoms with van der Waals surface area (Å²) in [6.07, 6.45) is 1.62. The van der Waals surface area contributed by atoms with Gasteiger partial charge in [-0.05, 0) is 31.0 Å². The number of aromatic nitrogens is 1. The molecule has 7 heteroatoms. The number of benzene rings is 2. The first-order valence-electron chi connectivity index (χ1n) is 10.7. The first-order valence-corrected chi connectivity index (χ1v) is 10.7. The number of carbonyl (C=O) groups excluding carboxylic acids is 2. The monoisotopic (exact) mass is 435 g/mol. The van der Waals surface area contributed by atoms with Gasteiger partial charge in [0.05, 0.1) is 5.41 Å². The van der Waals surface area contributed by atoms with E-state index < -0.39 is 11.2 Å². The molecule has 32 heavy (non-hydrogen) atoms. The summed E-state index contributed by atoms with van der Waals surface area (Å²) in [7, 11) is 3.43. The van der Waals surface area contributed by atoms with Crippen LogP contribution in [-0.4, -0.2) is 54.0 Å². The third-order valence-corrected chi connectivity index (χ3v) is 5.94. The van der Waals surface area contributed by atoms with Crippen LogP contribution in [-0.2, 0) is 11.2 Å². The lowest BCUT2D eigenvalue weighted by molar-refractivity contribution is -0.142. The summed E-state index contributed by atoms with van der Waals surface area (Å²) >= 11 is 0. The Morgan fingerprint density at radius 1 is 1.12 bits per heavy atom. The quantitative estimate of drug-likeness (QED) is 0.607. The molecule has 3 aromatic rings. The van der Waals surface area contributed by atoms with E-state index in [1.54, 1.807) is 30.0 Å². The summed E-state index contributed by atoms with van der Waals surface area (Å²) in [5, 5.41) is 4.18. The molecule has 0 saturated carbocycles. The van der Waals surface area contributed by atoms with Gasteiger partial charge in [-0.25, -0.2) is 4.39 Å². The summed E-state index contributed by atoms with van der Waals surface area (Å²) in [4.78, 5) is 29.6. The van der Waals surface area contributed by atoms with Gasteiger partial charge in [-0.3, -0.25) is 9.59 Å². The molecule has 0 radical (unpaired) electrons. The van der Waals surface area contributed by atoms with Crippen molar-refractivity contribution >= 4 is 11.8 Å². The minimum atomic E-state index is -0.835. The standard InChI is InChI=1S/C25H26FN3O3/c1-28(2)24(31)25(16-21-15-22(27-32-21)18-8-4-3-5-9-18)12-7-13-29(17-25)23(30)19-10-6-11-20(26)14-19/h3-6,8-11,14-15H,7,12-13,16-17H2,1-2H3. The highest BCUT2D eigenvalue weighted by molar-refractivity contribution is 5.95. The first kappa shape index (κ1) is 21.7. The number of hydrogen-bond acceptors (Lipinski definition) is 4. The molecule has 1 fully saturated rings. The summed E-state index contributed by atoms with van der Waals surface area (Å²) < 4.78 is 19.3. The maximum Gasteiger partial charge on any atom is 0.253 e. The number of halogens is 1. The highest BCUT2D eigenvalue weighted by Crippen LogP contribution is 2.37. The maximum atomic E-state index is 13.7. The van der Waals surface area contributed by atoms with Crippen molar-refractivity contribution in [3.8, 4) is 11.3 Å². The molecule has 0 spiro atoms. The van der Waals surface area contributed by atoms with E-state index in [0.29, 0.717) is 37.3 Å². The molecule has 2 heterocycles. The molecule has 6 nitrogen and oxygen atoms in total. The van der Waals surface area contributed by atoms with Gasteiger partial charge in [0.15, 0.2) is 0 Å². The molecule has 0 N–H and O–H groups in total. The minimum absolute atomic E-state index is 0.0631. The van der Waals surface area contributed by atoms with Crippen LogP contribution >= 0.6 is 0 Å². The van der Waals surface area contributed by atoms with E-state index in [9.17, 15) is 14.0 Å². The molecule has 1 aromatic heterocycles. The molecular formula is C25H26FN3O3. The van der Waals surface area contributed by atoms with E-state index >= 15 is 0 Å². The fourth-order valence-electron chi connectivity index (χ4n) is 4.45. The van der Waals surface area contributed by atoms with Gasteiger partial charge in [-0.1, -0.05) is 41.6 Å². The van der Waals surface area contributed by atoms with Crippen LogP contribution in [0.2, 0.25) is 0 Å². The van der Waals surface area contributed by atoms with Crippen LogP contribution in [0, 0.1) is 11.2 Å². The molecule has 1 unspecified atom stereocenters. The van der Waals surface area contributed by atoms with Crippen molar-refractivity contribution in [3.05, 3.63) is 77.8 Å². The van der Waals surface area contributed by atoms with E-state index in [2.05, 4.69) is 5.16 Å². The highest BCUT2D eigenvalue weighted by Gasteiger charge is 2.45. The number of piperidine rings is 1. The zero-order valence-corrected chi connectivity index (χ0v) is 18.3. The zero-order valence-electron chi connectivity index (χ0n) is 18.3. The topological polar surface area (TPSA) is 66.7 Å². The average Bonchev–Trinajstić information content (AvgIpc) is 3.27. The second kappa shape index (κ2) is 8.94. The number of rotatable bonds is 5. The number of nitrogens with zero attached hydrogens (tertiary/aromatic N) is 3. The van der Waals surface area contributed by atoms with Crippen LogP contribution < -0.4 is 0 Å². The summed E-state index contributed by atoms with van der Waals surface area (Å²) in [6.45, 7) is 0.754. The van der Waals surface area contributed by atoms with Crippen LogP contribution in [0.15, 0.2) is 65.2 Å². The molecule has 1 atom stereocenters. The number of amides is 2. The van der Waals surface area contributed by atoms with Gasteiger partial charge in [0.1, 0.15) is 17.3 Å². The van der Waals surface area contributed by atoms with Crippen molar-refractivity contribution in [1.82, 2.24) is 15.0 Å². The third kappa shape index (κ3) is 4.42. The van der Waals surface area contributed by atoms with Crippen molar-refractivity contribution in [2.45, 2.75) is 19.3 Å². The number of carbonyl (C=O) groups is 2. The summed E-state index contributed by atoms with van der Waals surface area (Å²) in [5.74, 6) is -0.202. The van der Waals surface area contributed by atoms with Gasteiger partial charge < -0.3 is 14.3 Å². The highest BCUT2D eigenvalue weighted by atomic mass is 19.1. The van der Waals surface area contributed by atoms with Crippen LogP contribution in [0.3, 0.4) is 0 Å². The fraction of sp³-hybridized carbons (Fsp3) is 0.320. The molecule has 0 aliphatic carbocycles. The lowest BCUT2D eigenvalue weighted by Gasteiger charge is -2.42. The van der Waals surface area contributed by atoms with Crippen molar-refractivity contribution < 1.29 is 18.5 Å². The summed E-state index contributed by atoms with van der Waals surface area (Å²) in [6, 6.07) is 17.2. The zero-order chi connectivity index (χ0) is 22.7. The van der Waals surface area contributed by atoms with E-state index in [0.717, 1.165) is 5.56 Å². The molecule has 1 aliphatic rings. The molecule has 1 saturated heterocycles. The van der Waals surface area contributed by atoms with Crippen molar-refractivity contribution in [2.24, 2.45) is 5.41 Å². The Morgan fingerprint density at radius 2 is 1.91 bits per heavy atom. The van der Waals surface area contributed by atoms with E-state index in [-0.39, 0.29) is 23.9 Å². The molecule has 1 aliphatic heterocycles. The van der Waals surface area contributed by atoms with Crippen LogP contribution in [0.4, 0.5) is 4.39 Å². The predicted octanol–water partition coefficient (Wildman–Crippen LogP) is 4.03. The largest absolute Gasteiger partial charge is 0.361 e. The Kier molecular flexibility index (Phi) is 6.08. The third-order valence-electron chi connectivity index (χ3n) is 5.94.